The molecule has 1 aliphatic heterocycles. The predicted octanol–water partition coefficient (Wildman–Crippen LogP) is 3.58. The number of carbonyl (C=O) groups excluding carboxylic acids is 1. The minimum absolute atomic E-state index is 0.0631. The topological polar surface area (TPSA) is 48.0 Å². The molecule has 1 amide bonds. The Morgan fingerprint density at radius 1 is 1.12 bits per heavy atom. The fraction of sp³-hybridized carbons (Fsp3) is 0.350. The fourth-order valence-corrected chi connectivity index (χ4v) is 2.78. The van der Waals surface area contributed by atoms with Crippen molar-refractivity contribution in [2.45, 2.75) is 12.8 Å². The first kappa shape index (κ1) is 18.4. The standard InChI is InChI=1S/C20H22ClNO4/c1-22(9-2-10-24-17-6-4-16(21)5-7-17)20(23)14-15-3-8-18-19(13-15)26-12-11-25-18/h3-8,13H,2,9-12,14H2,1H3. The van der Waals surface area contributed by atoms with Gasteiger partial charge in [-0.15, -0.1) is 0 Å². The molecule has 1 heterocycles. The van der Waals surface area contributed by atoms with E-state index in [-0.39, 0.29) is 5.91 Å². The fourth-order valence-electron chi connectivity index (χ4n) is 2.65. The lowest BCUT2D eigenvalue weighted by atomic mass is 10.1. The van der Waals surface area contributed by atoms with E-state index < -0.39 is 0 Å². The van der Waals surface area contributed by atoms with E-state index in [2.05, 4.69) is 0 Å². The van der Waals surface area contributed by atoms with Crippen LogP contribution >= 0.6 is 11.6 Å². The third-order valence-corrected chi connectivity index (χ3v) is 4.36. The molecule has 0 radical (unpaired) electrons. The van der Waals surface area contributed by atoms with Crippen LogP contribution in [0.3, 0.4) is 0 Å². The highest BCUT2D eigenvalue weighted by Crippen LogP contribution is 2.30. The molecule has 0 aliphatic carbocycles. The van der Waals surface area contributed by atoms with Crippen molar-refractivity contribution >= 4 is 17.5 Å². The minimum Gasteiger partial charge on any atom is -0.494 e. The molecule has 26 heavy (non-hydrogen) atoms. The van der Waals surface area contributed by atoms with Gasteiger partial charge in [0.15, 0.2) is 11.5 Å². The third-order valence-electron chi connectivity index (χ3n) is 4.11. The quantitative estimate of drug-likeness (QED) is 0.694. The van der Waals surface area contributed by atoms with Crippen LogP contribution in [0, 0.1) is 0 Å². The van der Waals surface area contributed by atoms with Crippen LogP contribution in [-0.2, 0) is 11.2 Å². The molecule has 5 nitrogen and oxygen atoms in total. The maximum absolute atomic E-state index is 12.4. The normalized spacial score (nSPS) is 12.5. The summed E-state index contributed by atoms with van der Waals surface area (Å²) in [5, 5.41) is 0.682. The average molecular weight is 376 g/mol. The van der Waals surface area contributed by atoms with E-state index >= 15 is 0 Å². The van der Waals surface area contributed by atoms with Crippen molar-refractivity contribution in [1.29, 1.82) is 0 Å². The van der Waals surface area contributed by atoms with Gasteiger partial charge in [0.25, 0.3) is 0 Å². The molecule has 3 rings (SSSR count). The Labute approximate surface area is 158 Å². The monoisotopic (exact) mass is 375 g/mol. The highest BCUT2D eigenvalue weighted by Gasteiger charge is 2.14. The van der Waals surface area contributed by atoms with Gasteiger partial charge in [-0.3, -0.25) is 4.79 Å². The summed E-state index contributed by atoms with van der Waals surface area (Å²) in [6.07, 6.45) is 1.09. The number of ether oxygens (including phenoxy) is 3. The van der Waals surface area contributed by atoms with Crippen molar-refractivity contribution in [1.82, 2.24) is 4.90 Å². The SMILES string of the molecule is CN(CCCOc1ccc(Cl)cc1)C(=O)Cc1ccc2c(c1)OCCO2. The molecule has 0 fully saturated rings. The number of nitrogens with zero attached hydrogens (tertiary/aromatic N) is 1. The Hall–Kier alpha value is -2.40. The Morgan fingerprint density at radius 2 is 1.85 bits per heavy atom. The van der Waals surface area contributed by atoms with Gasteiger partial charge < -0.3 is 19.1 Å². The van der Waals surface area contributed by atoms with Crippen LogP contribution in [0.5, 0.6) is 17.2 Å². The Bertz CT molecular complexity index is 748. The highest BCUT2D eigenvalue weighted by molar-refractivity contribution is 6.30. The van der Waals surface area contributed by atoms with Gasteiger partial charge in [-0.2, -0.15) is 0 Å². The summed E-state index contributed by atoms with van der Waals surface area (Å²) in [6, 6.07) is 12.9. The van der Waals surface area contributed by atoms with Crippen LogP contribution in [0.15, 0.2) is 42.5 Å². The van der Waals surface area contributed by atoms with Crippen molar-refractivity contribution < 1.29 is 19.0 Å². The summed E-state index contributed by atoms with van der Waals surface area (Å²) in [5.74, 6) is 2.29. The molecule has 0 saturated heterocycles. The van der Waals surface area contributed by atoms with Crippen molar-refractivity contribution in [3.05, 3.63) is 53.1 Å². The second-order valence-electron chi connectivity index (χ2n) is 6.13. The van der Waals surface area contributed by atoms with E-state index in [1.807, 2.05) is 37.4 Å². The van der Waals surface area contributed by atoms with Gasteiger partial charge in [0.2, 0.25) is 5.91 Å². The summed E-state index contributed by atoms with van der Waals surface area (Å²) in [5.41, 5.74) is 0.920. The molecule has 6 heteroatoms. The van der Waals surface area contributed by atoms with Crippen LogP contribution < -0.4 is 14.2 Å². The molecule has 0 saturated carbocycles. The number of carbonyl (C=O) groups is 1. The number of halogens is 1. The molecule has 2 aromatic rings. The largest absolute Gasteiger partial charge is 0.494 e. The van der Waals surface area contributed by atoms with Crippen LogP contribution in [0.2, 0.25) is 5.02 Å². The Morgan fingerprint density at radius 3 is 2.62 bits per heavy atom. The molecule has 0 unspecified atom stereocenters. The van der Waals surface area contributed by atoms with Gasteiger partial charge in [0.1, 0.15) is 19.0 Å². The van der Waals surface area contributed by atoms with Gasteiger partial charge in [-0.25, -0.2) is 0 Å². The number of benzene rings is 2. The molecule has 0 aromatic heterocycles. The van der Waals surface area contributed by atoms with Gasteiger partial charge >= 0.3 is 0 Å². The van der Waals surface area contributed by atoms with E-state index in [0.29, 0.717) is 43.6 Å². The summed E-state index contributed by atoms with van der Waals surface area (Å²) < 4.78 is 16.7. The number of hydrogen-bond donors (Lipinski definition) is 0. The van der Waals surface area contributed by atoms with Crippen molar-refractivity contribution in [2.75, 3.05) is 33.4 Å². The summed E-state index contributed by atoms with van der Waals surface area (Å²) in [6.45, 7) is 2.28. The number of hydrogen-bond acceptors (Lipinski definition) is 4. The molecule has 0 spiro atoms. The summed E-state index contributed by atoms with van der Waals surface area (Å²) in [7, 11) is 1.81. The van der Waals surface area contributed by atoms with Crippen LogP contribution in [-0.4, -0.2) is 44.2 Å². The van der Waals surface area contributed by atoms with Crippen LogP contribution in [0.4, 0.5) is 0 Å². The van der Waals surface area contributed by atoms with E-state index in [0.717, 1.165) is 23.5 Å². The number of fused-ring (bicyclic) bond motifs is 1. The Balaban J connectivity index is 1.42. The number of likely N-dealkylation sites (N-methyl/N-ethyl adjacent to an activating group) is 1. The zero-order valence-corrected chi connectivity index (χ0v) is 15.5. The van der Waals surface area contributed by atoms with E-state index in [1.54, 1.807) is 17.0 Å². The lowest BCUT2D eigenvalue weighted by Crippen LogP contribution is -2.30. The van der Waals surface area contributed by atoms with Gasteiger partial charge in [0, 0.05) is 18.6 Å². The van der Waals surface area contributed by atoms with Crippen LogP contribution in [0.25, 0.3) is 0 Å². The first-order chi connectivity index (χ1) is 12.6. The summed E-state index contributed by atoms with van der Waals surface area (Å²) in [4.78, 5) is 14.1. The molecular formula is C20H22ClNO4. The van der Waals surface area contributed by atoms with Crippen molar-refractivity contribution in [3.63, 3.8) is 0 Å². The third kappa shape index (κ3) is 5.05. The van der Waals surface area contributed by atoms with Gasteiger partial charge in [-0.05, 0) is 48.4 Å². The maximum Gasteiger partial charge on any atom is 0.226 e. The lowest BCUT2D eigenvalue weighted by Gasteiger charge is -2.20. The Kier molecular flexibility index (Phi) is 6.23. The molecule has 0 bridgehead atoms. The number of amides is 1. The second kappa shape index (κ2) is 8.81. The minimum atomic E-state index is 0.0631. The average Bonchev–Trinajstić information content (AvgIpc) is 2.66. The second-order valence-corrected chi connectivity index (χ2v) is 6.56. The van der Waals surface area contributed by atoms with E-state index in [4.69, 9.17) is 25.8 Å². The molecule has 0 atom stereocenters. The first-order valence-electron chi connectivity index (χ1n) is 8.63. The van der Waals surface area contributed by atoms with Gasteiger partial charge in [-0.1, -0.05) is 17.7 Å². The van der Waals surface area contributed by atoms with Crippen molar-refractivity contribution in [2.24, 2.45) is 0 Å². The molecule has 2 aromatic carbocycles. The van der Waals surface area contributed by atoms with E-state index in [1.165, 1.54) is 0 Å². The number of rotatable bonds is 7. The lowest BCUT2D eigenvalue weighted by molar-refractivity contribution is -0.129. The molecule has 0 N–H and O–H groups in total. The van der Waals surface area contributed by atoms with Crippen LogP contribution in [0.1, 0.15) is 12.0 Å². The van der Waals surface area contributed by atoms with Crippen molar-refractivity contribution in [3.8, 4) is 17.2 Å². The smallest absolute Gasteiger partial charge is 0.226 e. The molecular weight excluding hydrogens is 354 g/mol. The zero-order chi connectivity index (χ0) is 18.4. The zero-order valence-electron chi connectivity index (χ0n) is 14.7. The maximum atomic E-state index is 12.4. The first-order valence-corrected chi connectivity index (χ1v) is 9.00. The van der Waals surface area contributed by atoms with E-state index in [9.17, 15) is 4.79 Å². The summed E-state index contributed by atoms with van der Waals surface area (Å²) >= 11 is 5.84. The van der Waals surface area contributed by atoms with Gasteiger partial charge in [0.05, 0.1) is 13.0 Å². The molecule has 138 valence electrons. The predicted molar refractivity (Wildman–Crippen MR) is 100 cm³/mol. The highest BCUT2D eigenvalue weighted by atomic mass is 35.5. The molecule has 1 aliphatic rings.